The summed E-state index contributed by atoms with van der Waals surface area (Å²) in [7, 11) is 0. The Hall–Kier alpha value is -2.40. The molecule has 1 aliphatic heterocycles. The summed E-state index contributed by atoms with van der Waals surface area (Å²) < 4.78 is 5.25. The minimum Gasteiger partial charge on any atom is -0.380 e. The van der Waals surface area contributed by atoms with Gasteiger partial charge in [-0.25, -0.2) is 4.98 Å². The lowest BCUT2D eigenvalue weighted by atomic mass is 10.2. The fraction of sp³-hybridized carbons (Fsp3) is 0.294. The molecule has 1 N–H and O–H groups in total. The van der Waals surface area contributed by atoms with Gasteiger partial charge in [0.2, 0.25) is 0 Å². The zero-order chi connectivity index (χ0) is 15.2. The number of pyridine rings is 1. The van der Waals surface area contributed by atoms with Crippen molar-refractivity contribution in [1.29, 1.82) is 0 Å². The average molecular weight is 297 g/mol. The minimum absolute atomic E-state index is 0.0297. The monoisotopic (exact) mass is 297 g/mol. The van der Waals surface area contributed by atoms with Gasteiger partial charge < -0.3 is 15.0 Å². The molecular formula is C17H19N3O2. The molecule has 0 radical (unpaired) electrons. The number of ether oxygens (including phenoxy) is 1. The predicted octanol–water partition coefficient (Wildman–Crippen LogP) is 2.17. The van der Waals surface area contributed by atoms with Crippen LogP contribution in [0.3, 0.4) is 0 Å². The van der Waals surface area contributed by atoms with Crippen LogP contribution in [0.25, 0.3) is 0 Å². The Morgan fingerprint density at radius 3 is 2.59 bits per heavy atom. The van der Waals surface area contributed by atoms with Crippen molar-refractivity contribution >= 4 is 11.6 Å². The highest BCUT2D eigenvalue weighted by atomic mass is 16.5. The quantitative estimate of drug-likeness (QED) is 0.939. The van der Waals surface area contributed by atoms with E-state index < -0.39 is 0 Å². The van der Waals surface area contributed by atoms with Gasteiger partial charge in [-0.05, 0) is 17.7 Å². The van der Waals surface area contributed by atoms with Crippen molar-refractivity contribution in [2.75, 3.05) is 31.6 Å². The third-order valence-corrected chi connectivity index (χ3v) is 3.62. The van der Waals surface area contributed by atoms with Gasteiger partial charge in [0.25, 0.3) is 5.91 Å². The predicted molar refractivity (Wildman–Crippen MR) is 84.7 cm³/mol. The highest BCUT2D eigenvalue weighted by Crippen LogP contribution is 2.11. The number of hydrogen-bond acceptors (Lipinski definition) is 4. The third-order valence-electron chi connectivity index (χ3n) is 3.62. The van der Waals surface area contributed by atoms with Gasteiger partial charge in [-0.3, -0.25) is 4.79 Å². The number of anilines is 1. The molecule has 2 heterocycles. The van der Waals surface area contributed by atoms with E-state index in [9.17, 15) is 4.79 Å². The molecule has 0 unspecified atom stereocenters. The van der Waals surface area contributed by atoms with E-state index in [-0.39, 0.29) is 5.91 Å². The second kappa shape index (κ2) is 7.04. The van der Waals surface area contributed by atoms with E-state index in [2.05, 4.69) is 22.4 Å². The topological polar surface area (TPSA) is 54.5 Å². The molecule has 0 spiro atoms. The summed E-state index contributed by atoms with van der Waals surface area (Å²) in [6, 6.07) is 13.8. The van der Waals surface area contributed by atoms with E-state index in [0.717, 1.165) is 12.2 Å². The molecule has 114 valence electrons. The molecule has 0 aliphatic carbocycles. The van der Waals surface area contributed by atoms with Gasteiger partial charge in [0.1, 0.15) is 5.69 Å². The smallest absolute Gasteiger partial charge is 0.272 e. The van der Waals surface area contributed by atoms with Crippen LogP contribution in [0.15, 0.2) is 48.7 Å². The largest absolute Gasteiger partial charge is 0.380 e. The van der Waals surface area contributed by atoms with Gasteiger partial charge in [0.05, 0.1) is 25.1 Å². The summed E-state index contributed by atoms with van der Waals surface area (Å²) in [5, 5.41) is 3.30. The van der Waals surface area contributed by atoms with Crippen molar-refractivity contribution in [2.24, 2.45) is 0 Å². The molecule has 1 aromatic carbocycles. The van der Waals surface area contributed by atoms with Crippen LogP contribution >= 0.6 is 0 Å². The highest BCUT2D eigenvalue weighted by Gasteiger charge is 2.19. The average Bonchev–Trinajstić information content (AvgIpc) is 2.61. The summed E-state index contributed by atoms with van der Waals surface area (Å²) >= 11 is 0. The number of carbonyl (C=O) groups is 1. The molecule has 3 rings (SSSR count). The summed E-state index contributed by atoms with van der Waals surface area (Å²) in [6.07, 6.45) is 1.70. The molecule has 0 atom stereocenters. The van der Waals surface area contributed by atoms with Crippen LogP contribution < -0.4 is 5.32 Å². The molecule has 1 saturated heterocycles. The molecular weight excluding hydrogens is 278 g/mol. The van der Waals surface area contributed by atoms with E-state index in [1.807, 2.05) is 24.3 Å². The van der Waals surface area contributed by atoms with Gasteiger partial charge in [-0.2, -0.15) is 0 Å². The molecule has 22 heavy (non-hydrogen) atoms. The van der Waals surface area contributed by atoms with E-state index in [1.165, 1.54) is 5.56 Å². The van der Waals surface area contributed by atoms with E-state index in [0.29, 0.717) is 32.0 Å². The zero-order valence-electron chi connectivity index (χ0n) is 12.4. The van der Waals surface area contributed by atoms with Crippen molar-refractivity contribution < 1.29 is 9.53 Å². The standard InChI is InChI=1S/C17H19N3O2/c21-17(20-8-10-22-11-9-20)16-7-6-15(13-19-16)18-12-14-4-2-1-3-5-14/h1-7,13,18H,8-12H2. The first-order chi connectivity index (χ1) is 10.8. The third kappa shape index (κ3) is 3.62. The molecule has 1 aromatic heterocycles. The van der Waals surface area contributed by atoms with Crippen molar-refractivity contribution in [3.05, 3.63) is 59.9 Å². The number of nitrogens with one attached hydrogen (secondary N) is 1. The number of aromatic nitrogens is 1. The van der Waals surface area contributed by atoms with Crippen molar-refractivity contribution in [3.8, 4) is 0 Å². The van der Waals surface area contributed by atoms with Gasteiger partial charge in [0.15, 0.2) is 0 Å². The maximum absolute atomic E-state index is 12.3. The Kier molecular flexibility index (Phi) is 4.65. The molecule has 0 bridgehead atoms. The Labute approximate surface area is 129 Å². The van der Waals surface area contributed by atoms with Crippen LogP contribution in [0.4, 0.5) is 5.69 Å². The molecule has 1 fully saturated rings. The first kappa shape index (κ1) is 14.5. The molecule has 2 aromatic rings. The molecule has 0 saturated carbocycles. The Balaban J connectivity index is 1.59. The molecule has 1 amide bonds. The highest BCUT2D eigenvalue weighted by molar-refractivity contribution is 5.92. The van der Waals surface area contributed by atoms with Crippen LogP contribution in [0, 0.1) is 0 Å². The fourth-order valence-corrected chi connectivity index (χ4v) is 2.35. The van der Waals surface area contributed by atoms with Crippen LogP contribution in [0.1, 0.15) is 16.1 Å². The number of amides is 1. The van der Waals surface area contributed by atoms with Crippen molar-refractivity contribution in [1.82, 2.24) is 9.88 Å². The van der Waals surface area contributed by atoms with Gasteiger partial charge >= 0.3 is 0 Å². The number of benzene rings is 1. The van der Waals surface area contributed by atoms with Gasteiger partial charge in [0, 0.05) is 19.6 Å². The summed E-state index contributed by atoms with van der Waals surface area (Å²) in [4.78, 5) is 18.3. The van der Waals surface area contributed by atoms with E-state index >= 15 is 0 Å². The SMILES string of the molecule is O=C(c1ccc(NCc2ccccc2)cn1)N1CCOCC1. The maximum Gasteiger partial charge on any atom is 0.272 e. The van der Waals surface area contributed by atoms with E-state index in [1.54, 1.807) is 17.2 Å². The Morgan fingerprint density at radius 2 is 1.91 bits per heavy atom. The lowest BCUT2D eigenvalue weighted by Crippen LogP contribution is -2.41. The number of carbonyl (C=O) groups excluding carboxylic acids is 1. The maximum atomic E-state index is 12.3. The lowest BCUT2D eigenvalue weighted by Gasteiger charge is -2.26. The normalized spacial score (nSPS) is 14.6. The Morgan fingerprint density at radius 1 is 1.14 bits per heavy atom. The lowest BCUT2D eigenvalue weighted by molar-refractivity contribution is 0.0299. The number of hydrogen-bond donors (Lipinski definition) is 1. The van der Waals surface area contributed by atoms with Crippen molar-refractivity contribution in [3.63, 3.8) is 0 Å². The van der Waals surface area contributed by atoms with Gasteiger partial charge in [-0.15, -0.1) is 0 Å². The van der Waals surface area contributed by atoms with Crippen LogP contribution in [0.5, 0.6) is 0 Å². The van der Waals surface area contributed by atoms with Crippen LogP contribution in [0.2, 0.25) is 0 Å². The molecule has 5 nitrogen and oxygen atoms in total. The Bertz CT molecular complexity index is 608. The second-order valence-electron chi connectivity index (χ2n) is 5.18. The second-order valence-corrected chi connectivity index (χ2v) is 5.18. The van der Waals surface area contributed by atoms with Crippen LogP contribution in [-0.4, -0.2) is 42.1 Å². The number of nitrogens with zero attached hydrogens (tertiary/aromatic N) is 2. The fourth-order valence-electron chi connectivity index (χ4n) is 2.35. The molecule has 1 aliphatic rings. The van der Waals surface area contributed by atoms with Crippen molar-refractivity contribution in [2.45, 2.75) is 6.54 Å². The number of morpholine rings is 1. The van der Waals surface area contributed by atoms with Gasteiger partial charge in [-0.1, -0.05) is 30.3 Å². The number of rotatable bonds is 4. The first-order valence-corrected chi connectivity index (χ1v) is 7.44. The zero-order valence-corrected chi connectivity index (χ0v) is 12.4. The summed E-state index contributed by atoms with van der Waals surface area (Å²) in [5.41, 5.74) is 2.59. The summed E-state index contributed by atoms with van der Waals surface area (Å²) in [5.74, 6) is -0.0297. The summed E-state index contributed by atoms with van der Waals surface area (Å²) in [6.45, 7) is 3.20. The first-order valence-electron chi connectivity index (χ1n) is 7.44. The minimum atomic E-state index is -0.0297. The molecule has 5 heteroatoms. The van der Waals surface area contributed by atoms with Crippen LogP contribution in [-0.2, 0) is 11.3 Å². The van der Waals surface area contributed by atoms with E-state index in [4.69, 9.17) is 4.74 Å².